The first-order valence-electron chi connectivity index (χ1n) is 5.60. The molecule has 0 aliphatic carbocycles. The van der Waals surface area contributed by atoms with E-state index in [0.29, 0.717) is 0 Å². The Hall–Kier alpha value is -1.88. The predicted octanol–water partition coefficient (Wildman–Crippen LogP) is 2.17. The summed E-state index contributed by atoms with van der Waals surface area (Å²) < 4.78 is 18.0. The van der Waals surface area contributed by atoms with Crippen molar-refractivity contribution in [1.29, 1.82) is 0 Å². The molecule has 0 fully saturated rings. The van der Waals surface area contributed by atoms with E-state index in [0.717, 1.165) is 6.08 Å². The Balaban J connectivity index is 2.57. The molecule has 1 aromatic rings. The molecule has 1 rings (SSSR count). The molecule has 0 atom stereocenters. The maximum Gasteiger partial charge on any atom is 0.325 e. The number of rotatable bonds is 5. The van der Waals surface area contributed by atoms with Crippen molar-refractivity contribution in [2.24, 2.45) is 0 Å². The van der Waals surface area contributed by atoms with Gasteiger partial charge in [-0.05, 0) is 25.1 Å². The molecule has 0 saturated carbocycles. The zero-order valence-electron chi connectivity index (χ0n) is 10.3. The van der Waals surface area contributed by atoms with Crippen LogP contribution < -0.4 is 5.32 Å². The van der Waals surface area contributed by atoms with Gasteiger partial charge in [-0.25, -0.2) is 4.39 Å². The molecule has 4 nitrogen and oxygen atoms in total. The van der Waals surface area contributed by atoms with Gasteiger partial charge in [-0.15, -0.1) is 0 Å². The first kappa shape index (κ1) is 15.2. The van der Waals surface area contributed by atoms with Gasteiger partial charge in [0.1, 0.15) is 12.4 Å². The minimum Gasteiger partial charge on any atom is -0.465 e. The van der Waals surface area contributed by atoms with Crippen LogP contribution in [0.3, 0.4) is 0 Å². The van der Waals surface area contributed by atoms with Crippen molar-refractivity contribution in [3.63, 3.8) is 0 Å². The zero-order chi connectivity index (χ0) is 14.3. The van der Waals surface area contributed by atoms with Crippen LogP contribution in [-0.4, -0.2) is 25.0 Å². The van der Waals surface area contributed by atoms with Gasteiger partial charge in [0.25, 0.3) is 0 Å². The van der Waals surface area contributed by atoms with Crippen molar-refractivity contribution in [2.45, 2.75) is 6.92 Å². The highest BCUT2D eigenvalue weighted by molar-refractivity contribution is 6.32. The highest BCUT2D eigenvalue weighted by Crippen LogP contribution is 2.20. The topological polar surface area (TPSA) is 55.4 Å². The van der Waals surface area contributed by atoms with Crippen LogP contribution in [-0.2, 0) is 14.3 Å². The first-order valence-corrected chi connectivity index (χ1v) is 5.98. The lowest BCUT2D eigenvalue weighted by atomic mass is 10.2. The molecule has 0 aliphatic heterocycles. The fourth-order valence-electron chi connectivity index (χ4n) is 1.26. The van der Waals surface area contributed by atoms with Crippen molar-refractivity contribution in [3.05, 3.63) is 40.7 Å². The van der Waals surface area contributed by atoms with Gasteiger partial charge < -0.3 is 10.1 Å². The third-order valence-corrected chi connectivity index (χ3v) is 2.44. The monoisotopic (exact) mass is 285 g/mol. The third-order valence-electron chi connectivity index (χ3n) is 2.11. The van der Waals surface area contributed by atoms with E-state index >= 15 is 0 Å². The van der Waals surface area contributed by atoms with Crippen LogP contribution in [0.4, 0.5) is 4.39 Å². The molecule has 0 unspecified atom stereocenters. The number of ether oxygens (including phenoxy) is 1. The summed E-state index contributed by atoms with van der Waals surface area (Å²) in [4.78, 5) is 22.4. The first-order chi connectivity index (χ1) is 9.04. The third kappa shape index (κ3) is 5.09. The van der Waals surface area contributed by atoms with Gasteiger partial charge in [-0.3, -0.25) is 9.59 Å². The second kappa shape index (κ2) is 7.53. The number of nitrogens with one attached hydrogen (secondary N) is 1. The summed E-state index contributed by atoms with van der Waals surface area (Å²) in [6.45, 7) is 1.68. The molecule has 0 aromatic heterocycles. The molecular formula is C13H13ClFNO3. The Labute approximate surface area is 115 Å². The largest absolute Gasteiger partial charge is 0.465 e. The summed E-state index contributed by atoms with van der Waals surface area (Å²) >= 11 is 5.78. The van der Waals surface area contributed by atoms with Gasteiger partial charge in [-0.2, -0.15) is 0 Å². The van der Waals surface area contributed by atoms with Gasteiger partial charge in [0.2, 0.25) is 5.91 Å². The number of hydrogen-bond acceptors (Lipinski definition) is 3. The summed E-state index contributed by atoms with van der Waals surface area (Å²) in [6, 6.07) is 4.22. The van der Waals surface area contributed by atoms with Gasteiger partial charge >= 0.3 is 5.97 Å². The van der Waals surface area contributed by atoms with Gasteiger partial charge in [0, 0.05) is 11.6 Å². The second-order valence-corrected chi connectivity index (χ2v) is 3.90. The van der Waals surface area contributed by atoms with Crippen LogP contribution in [0, 0.1) is 5.82 Å². The Morgan fingerprint density at radius 1 is 1.47 bits per heavy atom. The smallest absolute Gasteiger partial charge is 0.325 e. The number of carbonyl (C=O) groups excluding carboxylic acids is 2. The summed E-state index contributed by atoms with van der Waals surface area (Å²) in [7, 11) is 0. The van der Waals surface area contributed by atoms with E-state index in [9.17, 15) is 14.0 Å². The fraction of sp³-hybridized carbons (Fsp3) is 0.231. The molecule has 0 spiro atoms. The van der Waals surface area contributed by atoms with Crippen LogP contribution in [0.1, 0.15) is 12.5 Å². The number of benzene rings is 1. The number of halogens is 2. The fourth-order valence-corrected chi connectivity index (χ4v) is 1.49. The molecule has 19 heavy (non-hydrogen) atoms. The summed E-state index contributed by atoms with van der Waals surface area (Å²) in [5.41, 5.74) is 0.121. The van der Waals surface area contributed by atoms with Crippen LogP contribution in [0.2, 0.25) is 5.02 Å². The average molecular weight is 286 g/mol. The molecule has 0 saturated heterocycles. The Bertz CT molecular complexity index is 482. The second-order valence-electron chi connectivity index (χ2n) is 3.49. The van der Waals surface area contributed by atoms with E-state index in [2.05, 4.69) is 10.1 Å². The van der Waals surface area contributed by atoms with Gasteiger partial charge in [0.15, 0.2) is 0 Å². The van der Waals surface area contributed by atoms with Gasteiger partial charge in [0.05, 0.1) is 11.6 Å². The normalized spacial score (nSPS) is 10.5. The van der Waals surface area contributed by atoms with Crippen molar-refractivity contribution in [2.75, 3.05) is 13.2 Å². The summed E-state index contributed by atoms with van der Waals surface area (Å²) in [5, 5.41) is 2.51. The van der Waals surface area contributed by atoms with E-state index < -0.39 is 17.7 Å². The van der Waals surface area contributed by atoms with E-state index in [1.54, 1.807) is 6.92 Å². The number of hydrogen-bond donors (Lipinski definition) is 1. The van der Waals surface area contributed by atoms with Crippen LogP contribution >= 0.6 is 11.6 Å². The Morgan fingerprint density at radius 3 is 2.84 bits per heavy atom. The molecular weight excluding hydrogens is 273 g/mol. The maximum absolute atomic E-state index is 13.4. The van der Waals surface area contributed by atoms with E-state index in [1.165, 1.54) is 24.3 Å². The molecule has 102 valence electrons. The minimum absolute atomic E-state index is 0.121. The maximum atomic E-state index is 13.4. The van der Waals surface area contributed by atoms with Crippen molar-refractivity contribution in [3.8, 4) is 0 Å². The molecule has 6 heteroatoms. The van der Waals surface area contributed by atoms with Gasteiger partial charge in [-0.1, -0.05) is 17.7 Å². The lowest BCUT2D eigenvalue weighted by molar-refractivity contribution is -0.143. The van der Waals surface area contributed by atoms with Crippen molar-refractivity contribution < 1.29 is 18.7 Å². The molecule has 0 radical (unpaired) electrons. The van der Waals surface area contributed by atoms with E-state index in [-0.39, 0.29) is 23.7 Å². The van der Waals surface area contributed by atoms with E-state index in [1.807, 2.05) is 0 Å². The van der Waals surface area contributed by atoms with Crippen LogP contribution in [0.5, 0.6) is 0 Å². The van der Waals surface area contributed by atoms with Crippen LogP contribution in [0.25, 0.3) is 6.08 Å². The summed E-state index contributed by atoms with van der Waals surface area (Å²) in [6.07, 6.45) is 2.35. The Kier molecular flexibility index (Phi) is 6.02. The number of amides is 1. The van der Waals surface area contributed by atoms with E-state index in [4.69, 9.17) is 11.6 Å². The van der Waals surface area contributed by atoms with Crippen molar-refractivity contribution >= 4 is 29.6 Å². The molecule has 0 bridgehead atoms. The molecule has 1 amide bonds. The zero-order valence-corrected chi connectivity index (χ0v) is 11.0. The quantitative estimate of drug-likeness (QED) is 0.666. The SMILES string of the molecule is CCOC(=O)CNC(=O)/C=C/c1c(F)cccc1Cl. The minimum atomic E-state index is -0.535. The lowest BCUT2D eigenvalue weighted by Crippen LogP contribution is -2.29. The average Bonchev–Trinajstić information content (AvgIpc) is 2.36. The molecule has 0 heterocycles. The number of esters is 1. The number of carbonyl (C=O) groups is 2. The summed E-state index contributed by atoms with van der Waals surface area (Å²) in [5.74, 6) is -1.59. The molecule has 1 N–H and O–H groups in total. The lowest BCUT2D eigenvalue weighted by Gasteiger charge is -2.02. The highest BCUT2D eigenvalue weighted by atomic mass is 35.5. The van der Waals surface area contributed by atoms with Crippen molar-refractivity contribution in [1.82, 2.24) is 5.32 Å². The predicted molar refractivity (Wildman–Crippen MR) is 70.1 cm³/mol. The Morgan fingerprint density at radius 2 is 2.21 bits per heavy atom. The van der Waals surface area contributed by atoms with Crippen LogP contribution in [0.15, 0.2) is 24.3 Å². The highest BCUT2D eigenvalue weighted by Gasteiger charge is 2.05. The molecule has 0 aliphatic rings. The standard InChI is InChI=1S/C13H13ClFNO3/c1-2-19-13(18)8-16-12(17)7-6-9-10(14)4-3-5-11(9)15/h3-7H,2,8H2,1H3,(H,16,17)/b7-6+. The molecule has 1 aromatic carbocycles.